The van der Waals surface area contributed by atoms with Gasteiger partial charge in [0.2, 0.25) is 0 Å². The molecule has 0 saturated carbocycles. The van der Waals surface area contributed by atoms with Crippen LogP contribution in [-0.4, -0.2) is 19.7 Å². The molecule has 2 atom stereocenters. The Balaban J connectivity index is 2.08. The topological polar surface area (TPSA) is 21.3 Å². The molecule has 0 spiro atoms. The van der Waals surface area contributed by atoms with Crippen molar-refractivity contribution < 1.29 is 4.74 Å². The zero-order valence-electron chi connectivity index (χ0n) is 11.1. The largest absolute Gasteiger partial charge is 0.377 e. The second kappa shape index (κ2) is 5.98. The summed E-state index contributed by atoms with van der Waals surface area (Å²) in [6, 6.07) is 2.95. The first-order valence-electron chi connectivity index (χ1n) is 6.62. The molecule has 1 heterocycles. The summed E-state index contributed by atoms with van der Waals surface area (Å²) in [5, 5.41) is 3.47. The molecule has 1 N–H and O–H groups in total. The smallest absolute Gasteiger partial charge is 0.0832 e. The predicted octanol–water partition coefficient (Wildman–Crippen LogP) is 3.31. The number of thiophene rings is 1. The summed E-state index contributed by atoms with van der Waals surface area (Å²) in [7, 11) is 1.83. The highest BCUT2D eigenvalue weighted by molar-refractivity contribution is 7.12. The van der Waals surface area contributed by atoms with Crippen LogP contribution in [0.3, 0.4) is 0 Å². The van der Waals surface area contributed by atoms with Crippen LogP contribution in [0.1, 0.15) is 48.1 Å². The first-order chi connectivity index (χ1) is 8.24. The Morgan fingerprint density at radius 1 is 1.59 bits per heavy atom. The molecule has 2 unspecified atom stereocenters. The molecule has 0 aromatic carbocycles. The van der Waals surface area contributed by atoms with Crippen molar-refractivity contribution in [2.24, 2.45) is 0 Å². The number of nitrogens with one attached hydrogen (secondary N) is 1. The van der Waals surface area contributed by atoms with E-state index in [-0.39, 0.29) is 0 Å². The Labute approximate surface area is 108 Å². The minimum Gasteiger partial charge on any atom is -0.377 e. The molecule has 2 nitrogen and oxygen atoms in total. The molecule has 0 radical (unpaired) electrons. The third kappa shape index (κ3) is 3.09. The Kier molecular flexibility index (Phi) is 4.60. The van der Waals surface area contributed by atoms with Crippen molar-refractivity contribution in [1.82, 2.24) is 5.32 Å². The molecule has 0 fully saturated rings. The number of likely N-dealkylation sites (N-methyl/N-ethyl adjacent to an activating group) is 1. The van der Waals surface area contributed by atoms with Gasteiger partial charge in [0, 0.05) is 22.9 Å². The maximum atomic E-state index is 5.57. The van der Waals surface area contributed by atoms with Crippen molar-refractivity contribution in [3.05, 3.63) is 21.4 Å². The van der Waals surface area contributed by atoms with Crippen molar-refractivity contribution in [3.8, 4) is 0 Å². The van der Waals surface area contributed by atoms with E-state index < -0.39 is 0 Å². The van der Waals surface area contributed by atoms with E-state index in [1.54, 1.807) is 4.88 Å². The number of rotatable bonds is 5. The average molecular weight is 253 g/mol. The molecule has 0 saturated heterocycles. The lowest BCUT2D eigenvalue weighted by atomic mass is 9.95. The van der Waals surface area contributed by atoms with Crippen LogP contribution in [0.5, 0.6) is 0 Å². The molecule has 17 heavy (non-hydrogen) atoms. The zero-order chi connectivity index (χ0) is 12.3. The second-order valence-corrected chi connectivity index (χ2v) is 6.09. The molecular weight excluding hydrogens is 230 g/mol. The van der Waals surface area contributed by atoms with Crippen LogP contribution in [0.15, 0.2) is 6.07 Å². The second-order valence-electron chi connectivity index (χ2n) is 4.87. The van der Waals surface area contributed by atoms with E-state index in [4.69, 9.17) is 4.74 Å². The quantitative estimate of drug-likeness (QED) is 0.869. The molecule has 96 valence electrons. The van der Waals surface area contributed by atoms with E-state index >= 15 is 0 Å². The maximum absolute atomic E-state index is 5.57. The number of hydrogen-bond donors (Lipinski definition) is 1. The third-order valence-electron chi connectivity index (χ3n) is 3.45. The lowest BCUT2D eigenvalue weighted by Crippen LogP contribution is -2.27. The SMILES string of the molecule is CCNC(C)Cc1cc2c(s1)CCCC2OC. The van der Waals surface area contributed by atoms with Gasteiger partial charge in [0.1, 0.15) is 0 Å². The summed E-state index contributed by atoms with van der Waals surface area (Å²) in [5.41, 5.74) is 1.46. The fourth-order valence-corrected chi connectivity index (χ4v) is 4.03. The fourth-order valence-electron chi connectivity index (χ4n) is 2.64. The Morgan fingerprint density at radius 2 is 2.41 bits per heavy atom. The summed E-state index contributed by atoms with van der Waals surface area (Å²) >= 11 is 1.99. The molecule has 1 aliphatic carbocycles. The summed E-state index contributed by atoms with van der Waals surface area (Å²) in [6.07, 6.45) is 5.19. The van der Waals surface area contributed by atoms with Gasteiger partial charge in [-0.3, -0.25) is 0 Å². The third-order valence-corrected chi connectivity index (χ3v) is 4.69. The van der Waals surface area contributed by atoms with Crippen molar-refractivity contribution in [2.45, 2.75) is 51.7 Å². The molecule has 0 bridgehead atoms. The zero-order valence-corrected chi connectivity index (χ0v) is 11.9. The number of hydrogen-bond acceptors (Lipinski definition) is 3. The highest BCUT2D eigenvalue weighted by Crippen LogP contribution is 2.37. The predicted molar refractivity (Wildman–Crippen MR) is 73.8 cm³/mol. The van der Waals surface area contributed by atoms with Gasteiger partial charge in [-0.25, -0.2) is 0 Å². The van der Waals surface area contributed by atoms with Crippen molar-refractivity contribution in [3.63, 3.8) is 0 Å². The number of aryl methyl sites for hydroxylation is 1. The van der Waals surface area contributed by atoms with E-state index in [9.17, 15) is 0 Å². The van der Waals surface area contributed by atoms with Crippen LogP contribution < -0.4 is 5.32 Å². The molecule has 1 aliphatic rings. The van der Waals surface area contributed by atoms with Gasteiger partial charge in [-0.2, -0.15) is 0 Å². The van der Waals surface area contributed by atoms with Crippen LogP contribution in [0, 0.1) is 0 Å². The minimum absolute atomic E-state index is 0.346. The molecule has 0 aliphatic heterocycles. The Bertz CT molecular complexity index is 361. The van der Waals surface area contributed by atoms with Gasteiger partial charge in [-0.15, -0.1) is 11.3 Å². The average Bonchev–Trinajstić information content (AvgIpc) is 2.70. The van der Waals surface area contributed by atoms with E-state index in [2.05, 4.69) is 25.2 Å². The van der Waals surface area contributed by atoms with Gasteiger partial charge in [0.15, 0.2) is 0 Å². The van der Waals surface area contributed by atoms with Crippen LogP contribution in [-0.2, 0) is 17.6 Å². The molecule has 1 aromatic rings. The number of methoxy groups -OCH3 is 1. The van der Waals surface area contributed by atoms with E-state index in [0.29, 0.717) is 12.1 Å². The monoisotopic (exact) mass is 253 g/mol. The highest BCUT2D eigenvalue weighted by atomic mass is 32.1. The Hall–Kier alpha value is -0.380. The van der Waals surface area contributed by atoms with E-state index in [1.807, 2.05) is 18.4 Å². The maximum Gasteiger partial charge on any atom is 0.0832 e. The minimum atomic E-state index is 0.346. The molecule has 0 amide bonds. The fraction of sp³-hybridized carbons (Fsp3) is 0.714. The first-order valence-corrected chi connectivity index (χ1v) is 7.44. The van der Waals surface area contributed by atoms with E-state index in [0.717, 1.165) is 13.0 Å². The molecule has 1 aromatic heterocycles. The summed E-state index contributed by atoms with van der Waals surface area (Å²) < 4.78 is 5.57. The first kappa shape index (κ1) is 13.1. The van der Waals surface area contributed by atoms with Gasteiger partial charge in [0.05, 0.1) is 6.10 Å². The normalized spacial score (nSPS) is 21.2. The lowest BCUT2D eigenvalue weighted by Gasteiger charge is -2.20. The summed E-state index contributed by atoms with van der Waals surface area (Å²) in [6.45, 7) is 5.47. The van der Waals surface area contributed by atoms with Crippen molar-refractivity contribution in [2.75, 3.05) is 13.7 Å². The van der Waals surface area contributed by atoms with Gasteiger partial charge >= 0.3 is 0 Å². The highest BCUT2D eigenvalue weighted by Gasteiger charge is 2.22. The summed E-state index contributed by atoms with van der Waals surface area (Å²) in [4.78, 5) is 3.06. The van der Waals surface area contributed by atoms with Crippen LogP contribution in [0.2, 0.25) is 0 Å². The van der Waals surface area contributed by atoms with Crippen molar-refractivity contribution in [1.29, 1.82) is 0 Å². The Morgan fingerprint density at radius 3 is 3.12 bits per heavy atom. The van der Waals surface area contributed by atoms with Crippen molar-refractivity contribution >= 4 is 11.3 Å². The van der Waals surface area contributed by atoms with E-state index in [1.165, 1.54) is 29.7 Å². The van der Waals surface area contributed by atoms with Crippen LogP contribution >= 0.6 is 11.3 Å². The van der Waals surface area contributed by atoms with Gasteiger partial charge in [-0.1, -0.05) is 6.92 Å². The standard InChI is InChI=1S/C14H23NOS/c1-4-15-10(2)8-11-9-12-13(16-3)6-5-7-14(12)17-11/h9-10,13,15H,4-8H2,1-3H3. The lowest BCUT2D eigenvalue weighted by molar-refractivity contribution is 0.0888. The van der Waals surface area contributed by atoms with Gasteiger partial charge < -0.3 is 10.1 Å². The summed E-state index contributed by atoms with van der Waals surface area (Å²) in [5.74, 6) is 0. The number of ether oxygens (including phenoxy) is 1. The molecule has 3 heteroatoms. The molecular formula is C14H23NOS. The number of fused-ring (bicyclic) bond motifs is 1. The van der Waals surface area contributed by atoms with Crippen LogP contribution in [0.4, 0.5) is 0 Å². The van der Waals surface area contributed by atoms with Crippen LogP contribution in [0.25, 0.3) is 0 Å². The van der Waals surface area contributed by atoms with Gasteiger partial charge in [-0.05, 0) is 50.8 Å². The molecule has 2 rings (SSSR count). The van der Waals surface area contributed by atoms with Gasteiger partial charge in [0.25, 0.3) is 0 Å².